The molecule has 0 aromatic carbocycles. The lowest BCUT2D eigenvalue weighted by molar-refractivity contribution is -0.132. The molecule has 27 heavy (non-hydrogen) atoms. The minimum Gasteiger partial charge on any atom is -0.355 e. The van der Waals surface area contributed by atoms with Crippen LogP contribution in [0.25, 0.3) is 0 Å². The number of hydrogen-bond donors (Lipinski definition) is 1. The quantitative estimate of drug-likeness (QED) is 0.811. The second-order valence-corrected chi connectivity index (χ2v) is 10.3. The molecule has 2 aliphatic heterocycles. The number of hydrogen-bond acceptors (Lipinski definition) is 5. The largest absolute Gasteiger partial charge is 0.355 e. The Kier molecular flexibility index (Phi) is 4.88. The van der Waals surface area contributed by atoms with Crippen molar-refractivity contribution in [2.24, 2.45) is 17.3 Å². The minimum atomic E-state index is -3.27. The number of nitrogens with zero attached hydrogens (tertiary/aromatic N) is 3. The Morgan fingerprint density at radius 1 is 1.33 bits per heavy atom. The number of fused-ring (bicyclic) bond motifs is 1. The van der Waals surface area contributed by atoms with Gasteiger partial charge < -0.3 is 10.2 Å². The van der Waals surface area contributed by atoms with Crippen LogP contribution < -0.4 is 10.2 Å². The number of aromatic nitrogens is 1. The van der Waals surface area contributed by atoms with Crippen molar-refractivity contribution < 1.29 is 13.2 Å². The van der Waals surface area contributed by atoms with Crippen LogP contribution >= 0.6 is 0 Å². The van der Waals surface area contributed by atoms with Crippen molar-refractivity contribution in [2.75, 3.05) is 43.9 Å². The van der Waals surface area contributed by atoms with Crippen molar-refractivity contribution in [1.82, 2.24) is 14.6 Å². The summed E-state index contributed by atoms with van der Waals surface area (Å²) in [6, 6.07) is 5.77. The van der Waals surface area contributed by atoms with Crippen molar-refractivity contribution in [2.45, 2.75) is 25.7 Å². The van der Waals surface area contributed by atoms with E-state index < -0.39 is 15.4 Å². The number of anilines is 1. The number of nitrogens with one attached hydrogen (secondary N) is 1. The molecule has 1 N–H and O–H groups in total. The summed E-state index contributed by atoms with van der Waals surface area (Å²) in [5, 5.41) is 3.18. The lowest BCUT2D eigenvalue weighted by Gasteiger charge is -2.32. The molecule has 8 heteroatoms. The molecule has 1 amide bonds. The molecular weight excluding hydrogens is 364 g/mol. The average molecular weight is 393 g/mol. The molecule has 3 heterocycles. The average Bonchev–Trinajstić information content (AvgIpc) is 3.43. The molecule has 148 valence electrons. The van der Waals surface area contributed by atoms with Crippen LogP contribution in [0.2, 0.25) is 0 Å². The van der Waals surface area contributed by atoms with E-state index in [0.717, 1.165) is 12.4 Å². The summed E-state index contributed by atoms with van der Waals surface area (Å²) in [6.07, 6.45) is 6.82. The van der Waals surface area contributed by atoms with Gasteiger partial charge in [0.25, 0.3) is 0 Å². The van der Waals surface area contributed by atoms with E-state index >= 15 is 0 Å². The normalized spacial score (nSPS) is 29.2. The van der Waals surface area contributed by atoms with Crippen molar-refractivity contribution >= 4 is 21.7 Å². The van der Waals surface area contributed by atoms with Crippen LogP contribution in [0.1, 0.15) is 25.7 Å². The first-order chi connectivity index (χ1) is 12.9. The molecule has 1 saturated carbocycles. The van der Waals surface area contributed by atoms with E-state index in [1.54, 1.807) is 10.5 Å². The second-order valence-electron chi connectivity index (χ2n) is 8.30. The summed E-state index contributed by atoms with van der Waals surface area (Å²) in [5.74, 6) is 1.53. The fraction of sp³-hybridized carbons (Fsp3) is 0.684. The van der Waals surface area contributed by atoms with E-state index in [1.807, 2.05) is 18.2 Å². The monoisotopic (exact) mass is 392 g/mol. The third-order valence-electron chi connectivity index (χ3n) is 6.29. The molecule has 2 saturated heterocycles. The molecule has 0 radical (unpaired) electrons. The summed E-state index contributed by atoms with van der Waals surface area (Å²) in [4.78, 5) is 19.9. The Bertz CT molecular complexity index is 796. The lowest BCUT2D eigenvalue weighted by Crippen LogP contribution is -2.48. The zero-order chi connectivity index (χ0) is 19.1. The maximum atomic E-state index is 13.3. The standard InChI is InChI=1S/C19H28N4O3S/c1-27(25,26)23-10-4-8-19(18(24)21-11-15-6-7-15)14-22(12-16(19)13-23)17-5-2-3-9-20-17/h2-3,5,9,15-16H,4,6-8,10-14H2,1H3,(H,21,24)/t16-,19+/m0/s1. The molecule has 1 aliphatic carbocycles. The molecular formula is C19H28N4O3S. The number of rotatable bonds is 5. The SMILES string of the molecule is CS(=O)(=O)N1CCC[C@@]2(C(=O)NCC3CC3)CN(c3ccccn3)C[C@H]2C1. The minimum absolute atomic E-state index is 0.0315. The molecule has 0 bridgehead atoms. The summed E-state index contributed by atoms with van der Waals surface area (Å²) >= 11 is 0. The van der Waals surface area contributed by atoms with Crippen LogP contribution in [-0.4, -0.2) is 62.6 Å². The van der Waals surface area contributed by atoms with E-state index in [-0.39, 0.29) is 11.8 Å². The van der Waals surface area contributed by atoms with Crippen molar-refractivity contribution in [1.29, 1.82) is 0 Å². The van der Waals surface area contributed by atoms with Gasteiger partial charge in [0.1, 0.15) is 5.82 Å². The van der Waals surface area contributed by atoms with Gasteiger partial charge in [0.2, 0.25) is 15.9 Å². The van der Waals surface area contributed by atoms with Gasteiger partial charge in [-0.05, 0) is 43.7 Å². The van der Waals surface area contributed by atoms with Gasteiger partial charge in [-0.3, -0.25) is 4.79 Å². The third kappa shape index (κ3) is 3.82. The summed E-state index contributed by atoms with van der Waals surface area (Å²) in [7, 11) is -3.27. The number of pyridine rings is 1. The first-order valence-corrected chi connectivity index (χ1v) is 11.6. The van der Waals surface area contributed by atoms with Gasteiger partial charge in [-0.15, -0.1) is 0 Å². The van der Waals surface area contributed by atoms with E-state index in [0.29, 0.717) is 44.9 Å². The Balaban J connectivity index is 1.61. The zero-order valence-electron chi connectivity index (χ0n) is 15.8. The first kappa shape index (κ1) is 18.7. The Morgan fingerprint density at radius 3 is 2.81 bits per heavy atom. The fourth-order valence-corrected chi connectivity index (χ4v) is 5.43. The van der Waals surface area contributed by atoms with Gasteiger partial charge >= 0.3 is 0 Å². The van der Waals surface area contributed by atoms with Crippen molar-refractivity contribution in [3.8, 4) is 0 Å². The van der Waals surface area contributed by atoms with Crippen LogP contribution in [0, 0.1) is 17.3 Å². The maximum absolute atomic E-state index is 13.3. The van der Waals surface area contributed by atoms with Crippen LogP contribution in [0.5, 0.6) is 0 Å². The highest BCUT2D eigenvalue weighted by Gasteiger charge is 2.54. The smallest absolute Gasteiger partial charge is 0.228 e. The molecule has 2 atom stereocenters. The second kappa shape index (κ2) is 7.05. The maximum Gasteiger partial charge on any atom is 0.228 e. The molecule has 3 aliphatic rings. The molecule has 0 spiro atoms. The van der Waals surface area contributed by atoms with E-state index in [4.69, 9.17) is 0 Å². The Labute approximate surface area is 161 Å². The first-order valence-electron chi connectivity index (χ1n) is 9.78. The molecule has 1 aromatic rings. The number of sulfonamides is 1. The van der Waals surface area contributed by atoms with Crippen molar-refractivity contribution in [3.63, 3.8) is 0 Å². The van der Waals surface area contributed by atoms with E-state index in [9.17, 15) is 13.2 Å². The topological polar surface area (TPSA) is 82.6 Å². The van der Waals surface area contributed by atoms with Gasteiger partial charge in [0, 0.05) is 44.8 Å². The highest BCUT2D eigenvalue weighted by Crippen LogP contribution is 2.44. The Morgan fingerprint density at radius 2 is 2.15 bits per heavy atom. The van der Waals surface area contributed by atoms with Gasteiger partial charge in [-0.2, -0.15) is 0 Å². The number of amides is 1. The van der Waals surface area contributed by atoms with E-state index in [1.165, 1.54) is 19.1 Å². The highest BCUT2D eigenvalue weighted by molar-refractivity contribution is 7.88. The molecule has 0 unspecified atom stereocenters. The third-order valence-corrected chi connectivity index (χ3v) is 7.56. The highest BCUT2D eigenvalue weighted by atomic mass is 32.2. The summed E-state index contributed by atoms with van der Waals surface area (Å²) < 4.78 is 25.9. The van der Waals surface area contributed by atoms with Crippen LogP contribution in [0.15, 0.2) is 24.4 Å². The van der Waals surface area contributed by atoms with Gasteiger partial charge in [-0.1, -0.05) is 6.07 Å². The summed E-state index contributed by atoms with van der Waals surface area (Å²) in [5.41, 5.74) is -0.550. The number of carbonyl (C=O) groups is 1. The van der Waals surface area contributed by atoms with Crippen molar-refractivity contribution in [3.05, 3.63) is 24.4 Å². The molecule has 3 fully saturated rings. The zero-order valence-corrected chi connectivity index (χ0v) is 16.6. The van der Waals surface area contributed by atoms with Gasteiger partial charge in [-0.25, -0.2) is 17.7 Å². The predicted octanol–water partition coefficient (Wildman–Crippen LogP) is 1.09. The van der Waals surface area contributed by atoms with Gasteiger partial charge in [0.15, 0.2) is 0 Å². The lowest BCUT2D eigenvalue weighted by atomic mass is 9.74. The van der Waals surface area contributed by atoms with Crippen LogP contribution in [-0.2, 0) is 14.8 Å². The van der Waals surface area contributed by atoms with Gasteiger partial charge in [0.05, 0.1) is 11.7 Å². The molecule has 1 aromatic heterocycles. The predicted molar refractivity (Wildman–Crippen MR) is 104 cm³/mol. The fourth-order valence-electron chi connectivity index (χ4n) is 4.52. The molecule has 4 rings (SSSR count). The van der Waals surface area contributed by atoms with E-state index in [2.05, 4.69) is 15.2 Å². The Hall–Kier alpha value is -1.67. The number of carbonyl (C=O) groups excluding carboxylic acids is 1. The molecule has 7 nitrogen and oxygen atoms in total. The summed E-state index contributed by atoms with van der Waals surface area (Å²) in [6.45, 7) is 2.89. The van der Waals surface area contributed by atoms with Crippen LogP contribution in [0.3, 0.4) is 0 Å². The van der Waals surface area contributed by atoms with Crippen LogP contribution in [0.4, 0.5) is 5.82 Å².